The van der Waals surface area contributed by atoms with E-state index in [-0.39, 0.29) is 30.0 Å². The van der Waals surface area contributed by atoms with E-state index in [4.69, 9.17) is 4.74 Å². The first-order valence-electron chi connectivity index (χ1n) is 14.6. The van der Waals surface area contributed by atoms with E-state index in [1.54, 1.807) is 6.92 Å². The van der Waals surface area contributed by atoms with Crippen molar-refractivity contribution in [1.29, 1.82) is 5.26 Å². The van der Waals surface area contributed by atoms with Crippen LogP contribution >= 0.6 is 0 Å². The van der Waals surface area contributed by atoms with Crippen molar-refractivity contribution in [2.24, 2.45) is 23.7 Å². The van der Waals surface area contributed by atoms with Gasteiger partial charge in [-0.2, -0.15) is 5.26 Å². The number of rotatable bonds is 8. The summed E-state index contributed by atoms with van der Waals surface area (Å²) in [4.78, 5) is 25.9. The van der Waals surface area contributed by atoms with Gasteiger partial charge in [-0.05, 0) is 57.4 Å². The lowest BCUT2D eigenvalue weighted by atomic mass is 9.71. The molecule has 0 aromatic carbocycles. The summed E-state index contributed by atoms with van der Waals surface area (Å²) in [6.45, 7) is 6.66. The third kappa shape index (κ3) is 6.13. The molecule has 1 saturated carbocycles. The molecule has 9 atom stereocenters. The molecule has 0 spiro atoms. The molecule has 3 amide bonds. The molecule has 1 aliphatic carbocycles. The Morgan fingerprint density at radius 1 is 1.26 bits per heavy atom. The zero-order valence-electron chi connectivity index (χ0n) is 23.0. The van der Waals surface area contributed by atoms with Crippen LogP contribution < -0.4 is 16.0 Å². The van der Waals surface area contributed by atoms with Gasteiger partial charge in [0.15, 0.2) is 0 Å². The molecule has 3 N–H and O–H groups in total. The number of piperidine rings is 1. The number of carbonyl (C=O) groups excluding carboxylic acids is 2. The molecule has 38 heavy (non-hydrogen) atoms. The van der Waals surface area contributed by atoms with E-state index < -0.39 is 39.8 Å². The largest absolute Gasteiger partial charge is 0.376 e. The minimum absolute atomic E-state index is 0.0644. The quantitative estimate of drug-likeness (QED) is 0.421. The van der Waals surface area contributed by atoms with Crippen molar-refractivity contribution in [3.8, 4) is 6.07 Å². The first kappa shape index (κ1) is 29.1. The van der Waals surface area contributed by atoms with Crippen LogP contribution in [-0.2, 0) is 19.6 Å². The van der Waals surface area contributed by atoms with Crippen LogP contribution in [0.25, 0.3) is 0 Å². The number of nitrogens with one attached hydrogen (secondary N) is 3. The average Bonchev–Trinajstić information content (AvgIpc) is 3.21. The third-order valence-corrected chi connectivity index (χ3v) is 11.7. The third-order valence-electron chi connectivity index (χ3n) is 9.40. The van der Waals surface area contributed by atoms with E-state index in [1.807, 2.05) is 0 Å². The predicted molar refractivity (Wildman–Crippen MR) is 143 cm³/mol. The second-order valence-corrected chi connectivity index (χ2v) is 13.8. The van der Waals surface area contributed by atoms with Crippen molar-refractivity contribution in [3.63, 3.8) is 0 Å². The smallest absolute Gasteiger partial charge is 0.331 e. The van der Waals surface area contributed by atoms with Gasteiger partial charge in [-0.3, -0.25) is 4.79 Å². The van der Waals surface area contributed by atoms with Crippen molar-refractivity contribution in [1.82, 2.24) is 20.3 Å². The van der Waals surface area contributed by atoms with Crippen LogP contribution in [0.3, 0.4) is 0 Å². The number of unbranched alkanes of at least 4 members (excludes halogenated alkanes) is 1. The minimum Gasteiger partial charge on any atom is -0.376 e. The summed E-state index contributed by atoms with van der Waals surface area (Å²) in [5.74, 6) is 0.536. The van der Waals surface area contributed by atoms with Crippen LogP contribution in [0.4, 0.5) is 4.79 Å². The molecule has 3 saturated heterocycles. The van der Waals surface area contributed by atoms with Gasteiger partial charge in [0.2, 0.25) is 15.9 Å². The van der Waals surface area contributed by atoms with E-state index in [2.05, 4.69) is 35.9 Å². The highest BCUT2D eigenvalue weighted by atomic mass is 32.2. The first-order chi connectivity index (χ1) is 18.2. The summed E-state index contributed by atoms with van der Waals surface area (Å²) in [7, 11) is -4.00. The number of urea groups is 1. The fourth-order valence-corrected chi connectivity index (χ4v) is 9.37. The molecule has 4 fully saturated rings. The molecule has 0 radical (unpaired) electrons. The highest BCUT2D eigenvalue weighted by molar-refractivity contribution is 7.90. The van der Waals surface area contributed by atoms with Crippen LogP contribution in [0, 0.1) is 35.0 Å². The molecular formula is C27H45N5O5S. The standard InChI is InChI=1S/C27H45N5O5S/c1-4-6-7-19(5-2)20-9-8-18(14-28)12-24-21(13-20)23(16-37-24)30-25(33)15-32-27(34)31-22-10-11-29-17(3)26(22)38(32,35)36/h17-24,26,29H,4-13,15-16H2,1-3H3,(H,30,33)(H,31,34)/t17?,18?,19?,20?,21?,22?,23-,24?,26?/m1/s1. The van der Waals surface area contributed by atoms with Crippen molar-refractivity contribution < 1.29 is 22.7 Å². The maximum absolute atomic E-state index is 13.3. The zero-order chi connectivity index (χ0) is 27.4. The summed E-state index contributed by atoms with van der Waals surface area (Å²) in [5.41, 5.74) is 0. The first-order valence-corrected chi connectivity index (χ1v) is 16.1. The maximum Gasteiger partial charge on any atom is 0.331 e. The number of sulfonamides is 1. The number of fused-ring (bicyclic) bond motifs is 2. The Kier molecular flexibility index (Phi) is 9.58. The second kappa shape index (κ2) is 12.5. The highest BCUT2D eigenvalue weighted by Crippen LogP contribution is 2.41. The Morgan fingerprint density at radius 2 is 2.05 bits per heavy atom. The summed E-state index contributed by atoms with van der Waals surface area (Å²) >= 11 is 0. The van der Waals surface area contributed by atoms with Crippen LogP contribution in [0.1, 0.15) is 78.6 Å². The van der Waals surface area contributed by atoms with Crippen molar-refractivity contribution in [3.05, 3.63) is 0 Å². The molecule has 8 unspecified atom stereocenters. The number of amides is 3. The zero-order valence-corrected chi connectivity index (χ0v) is 23.8. The molecular weight excluding hydrogens is 506 g/mol. The molecule has 0 aromatic heterocycles. The second-order valence-electron chi connectivity index (χ2n) is 11.8. The van der Waals surface area contributed by atoms with Gasteiger partial charge in [0.1, 0.15) is 11.8 Å². The van der Waals surface area contributed by atoms with Crippen LogP contribution in [0.2, 0.25) is 0 Å². The van der Waals surface area contributed by atoms with Crippen molar-refractivity contribution in [2.45, 2.75) is 108 Å². The summed E-state index contributed by atoms with van der Waals surface area (Å²) in [6, 6.07) is 0.682. The lowest BCUT2D eigenvalue weighted by molar-refractivity contribution is -0.122. The van der Waals surface area contributed by atoms with E-state index in [0.717, 1.165) is 32.1 Å². The van der Waals surface area contributed by atoms with Crippen molar-refractivity contribution in [2.75, 3.05) is 19.7 Å². The van der Waals surface area contributed by atoms with Gasteiger partial charge in [-0.1, -0.05) is 39.5 Å². The van der Waals surface area contributed by atoms with E-state index in [0.29, 0.717) is 42.1 Å². The SMILES string of the molecule is CCCCC(CC)C1CCC(C#N)CC2OC[C@@H](NC(=O)CN3C(=O)NC4CCNC(C)C4S3(=O)=O)C2C1. The summed E-state index contributed by atoms with van der Waals surface area (Å²) in [5, 5.41) is 17.9. The number of nitrogens with zero attached hydrogens (tertiary/aromatic N) is 2. The molecule has 3 aliphatic heterocycles. The number of ether oxygens (including phenoxy) is 1. The lowest BCUT2D eigenvalue weighted by Crippen LogP contribution is -2.70. The van der Waals surface area contributed by atoms with E-state index in [1.165, 1.54) is 12.8 Å². The van der Waals surface area contributed by atoms with Gasteiger partial charge < -0.3 is 20.7 Å². The monoisotopic (exact) mass is 551 g/mol. The Labute approximate surface area is 227 Å². The molecule has 10 nitrogen and oxygen atoms in total. The summed E-state index contributed by atoms with van der Waals surface area (Å²) in [6.07, 6.45) is 8.49. The minimum atomic E-state index is -4.00. The number of hydrogen-bond donors (Lipinski definition) is 3. The van der Waals surface area contributed by atoms with Crippen LogP contribution in [0.15, 0.2) is 0 Å². The van der Waals surface area contributed by atoms with E-state index in [9.17, 15) is 23.3 Å². The fraction of sp³-hybridized carbons (Fsp3) is 0.889. The molecule has 0 bridgehead atoms. The van der Waals surface area contributed by atoms with Gasteiger partial charge in [0.05, 0.1) is 30.9 Å². The number of nitriles is 1. The average molecular weight is 552 g/mol. The highest BCUT2D eigenvalue weighted by Gasteiger charge is 2.51. The van der Waals surface area contributed by atoms with E-state index >= 15 is 0 Å². The Bertz CT molecular complexity index is 1000. The number of hydrogen-bond acceptors (Lipinski definition) is 7. The predicted octanol–water partition coefficient (Wildman–Crippen LogP) is 2.51. The lowest BCUT2D eigenvalue weighted by Gasteiger charge is -2.43. The fourth-order valence-electron chi connectivity index (χ4n) is 7.26. The van der Waals surface area contributed by atoms with Gasteiger partial charge in [0, 0.05) is 17.9 Å². The van der Waals surface area contributed by atoms with Gasteiger partial charge in [0.25, 0.3) is 0 Å². The Balaban J connectivity index is 1.46. The number of carbonyl (C=O) groups is 2. The normalized spacial score (nSPS) is 37.5. The molecule has 4 rings (SSSR count). The molecule has 4 aliphatic rings. The van der Waals surface area contributed by atoms with Gasteiger partial charge in [-0.15, -0.1) is 0 Å². The molecule has 214 valence electrons. The van der Waals surface area contributed by atoms with Gasteiger partial charge >= 0.3 is 6.03 Å². The molecule has 3 heterocycles. The maximum atomic E-state index is 13.3. The van der Waals surface area contributed by atoms with Crippen LogP contribution in [-0.4, -0.2) is 73.8 Å². The Hall–Kier alpha value is -1.90. The topological polar surface area (TPSA) is 141 Å². The van der Waals surface area contributed by atoms with Crippen LogP contribution in [0.5, 0.6) is 0 Å². The van der Waals surface area contributed by atoms with Gasteiger partial charge in [-0.25, -0.2) is 17.5 Å². The van der Waals surface area contributed by atoms with Crippen molar-refractivity contribution >= 4 is 22.0 Å². The summed E-state index contributed by atoms with van der Waals surface area (Å²) < 4.78 is 33.5. The Morgan fingerprint density at radius 3 is 2.76 bits per heavy atom. The molecule has 11 heteroatoms. The molecule has 0 aromatic rings.